The molecule has 1 aromatic heterocycles. The fraction of sp³-hybridized carbons (Fsp3) is 0.231. The Labute approximate surface area is 182 Å². The van der Waals surface area contributed by atoms with Crippen molar-refractivity contribution >= 4 is 39.3 Å². The molecule has 0 saturated carbocycles. The first-order valence-corrected chi connectivity index (χ1v) is 10.6. The number of pyridine rings is 1. The van der Waals surface area contributed by atoms with Crippen LogP contribution in [0.2, 0.25) is 0 Å². The third-order valence-corrected chi connectivity index (χ3v) is 5.06. The maximum absolute atomic E-state index is 11.7. The maximum Gasteiger partial charge on any atom is 0.407 e. The van der Waals surface area contributed by atoms with Crippen molar-refractivity contribution in [2.45, 2.75) is 33.2 Å². The van der Waals surface area contributed by atoms with E-state index in [0.717, 1.165) is 38.7 Å². The van der Waals surface area contributed by atoms with Crippen LogP contribution in [0.3, 0.4) is 0 Å². The zero-order chi connectivity index (χ0) is 21.8. The third kappa shape index (κ3) is 4.94. The smallest absolute Gasteiger partial charge is 0.407 e. The number of benzene rings is 3. The molecule has 0 saturated heterocycles. The number of fused-ring (bicyclic) bond motifs is 2. The van der Waals surface area contributed by atoms with Crippen molar-refractivity contribution < 1.29 is 9.53 Å². The van der Waals surface area contributed by atoms with Crippen molar-refractivity contribution in [3.05, 3.63) is 77.9 Å². The van der Waals surface area contributed by atoms with Gasteiger partial charge in [0.1, 0.15) is 0 Å². The van der Waals surface area contributed by atoms with Crippen LogP contribution < -0.4 is 10.6 Å². The Morgan fingerprint density at radius 2 is 1.77 bits per heavy atom. The molecular weight excluding hydrogens is 386 g/mol. The molecule has 1 heterocycles. The van der Waals surface area contributed by atoms with E-state index >= 15 is 0 Å². The summed E-state index contributed by atoms with van der Waals surface area (Å²) in [4.78, 5) is 16.5. The number of ether oxygens (including phenoxy) is 1. The summed E-state index contributed by atoms with van der Waals surface area (Å²) >= 11 is 0. The number of carbonyl (C=O) groups is 1. The lowest BCUT2D eigenvalue weighted by molar-refractivity contribution is 0.145. The highest BCUT2D eigenvalue weighted by atomic mass is 16.5. The van der Waals surface area contributed by atoms with Gasteiger partial charge in [0.25, 0.3) is 0 Å². The van der Waals surface area contributed by atoms with Crippen LogP contribution >= 0.6 is 0 Å². The molecule has 3 aromatic carbocycles. The number of aromatic nitrogens is 1. The van der Waals surface area contributed by atoms with E-state index in [1.807, 2.05) is 50.2 Å². The molecule has 2 N–H and O–H groups in total. The molecule has 0 radical (unpaired) electrons. The fourth-order valence-electron chi connectivity index (χ4n) is 3.63. The Morgan fingerprint density at radius 1 is 0.968 bits per heavy atom. The summed E-state index contributed by atoms with van der Waals surface area (Å²) in [5, 5.41) is 8.53. The minimum absolute atomic E-state index is 0.0636. The lowest BCUT2D eigenvalue weighted by Crippen LogP contribution is -2.31. The van der Waals surface area contributed by atoms with E-state index in [1.165, 1.54) is 5.56 Å². The third-order valence-electron chi connectivity index (χ3n) is 5.06. The highest BCUT2D eigenvalue weighted by Gasteiger charge is 2.10. The van der Waals surface area contributed by atoms with Gasteiger partial charge < -0.3 is 15.4 Å². The zero-order valence-electron chi connectivity index (χ0n) is 18.1. The van der Waals surface area contributed by atoms with Gasteiger partial charge in [-0.1, -0.05) is 42.0 Å². The largest absolute Gasteiger partial charge is 0.449 e. The van der Waals surface area contributed by atoms with E-state index in [2.05, 4.69) is 47.9 Å². The summed E-state index contributed by atoms with van der Waals surface area (Å²) in [6.07, 6.45) is 0.271. The monoisotopic (exact) mass is 413 g/mol. The van der Waals surface area contributed by atoms with Crippen LogP contribution in [0.25, 0.3) is 21.8 Å². The number of hydrogen-bond donors (Lipinski definition) is 2. The van der Waals surface area contributed by atoms with Crippen LogP contribution in [0, 0.1) is 6.92 Å². The number of hydrogen-bond acceptors (Lipinski definition) is 4. The number of para-hydroxylation sites is 1. The van der Waals surface area contributed by atoms with Crippen molar-refractivity contribution in [3.8, 4) is 0 Å². The van der Waals surface area contributed by atoms with Gasteiger partial charge in [-0.25, -0.2) is 9.78 Å². The van der Waals surface area contributed by atoms with Crippen LogP contribution in [0.15, 0.2) is 66.7 Å². The van der Waals surface area contributed by atoms with Gasteiger partial charge in [-0.2, -0.15) is 0 Å². The number of aryl methyl sites for hydroxylation is 1. The van der Waals surface area contributed by atoms with E-state index in [9.17, 15) is 4.79 Å². The fourth-order valence-corrected chi connectivity index (χ4v) is 3.63. The van der Waals surface area contributed by atoms with Gasteiger partial charge in [0, 0.05) is 28.9 Å². The minimum Gasteiger partial charge on any atom is -0.449 e. The predicted molar refractivity (Wildman–Crippen MR) is 127 cm³/mol. The topological polar surface area (TPSA) is 63.3 Å². The first-order chi connectivity index (χ1) is 15.0. The quantitative estimate of drug-likeness (QED) is 0.374. The van der Waals surface area contributed by atoms with Crippen LogP contribution in [0.1, 0.15) is 25.0 Å². The molecule has 0 spiro atoms. The summed E-state index contributed by atoms with van der Waals surface area (Å²) in [6, 6.07) is 22.8. The van der Waals surface area contributed by atoms with Crippen molar-refractivity contribution in [2.24, 2.45) is 0 Å². The van der Waals surface area contributed by atoms with Gasteiger partial charge in [0.15, 0.2) is 0 Å². The predicted octanol–water partition coefficient (Wildman–Crippen LogP) is 6.12. The molecular formula is C26H27N3O2. The number of amides is 1. The summed E-state index contributed by atoms with van der Waals surface area (Å²) < 4.78 is 5.26. The second kappa shape index (κ2) is 9.04. The Kier molecular flexibility index (Phi) is 6.03. The average molecular weight is 414 g/mol. The summed E-state index contributed by atoms with van der Waals surface area (Å²) in [5.74, 6) is 0. The highest BCUT2D eigenvalue weighted by Crippen LogP contribution is 2.33. The Hall–Kier alpha value is -3.60. The number of carbonyl (C=O) groups excluding carboxylic acids is 1. The zero-order valence-corrected chi connectivity index (χ0v) is 18.1. The molecule has 158 valence electrons. The van der Waals surface area contributed by atoms with Gasteiger partial charge in [0.05, 0.1) is 23.3 Å². The number of rotatable bonds is 6. The summed E-state index contributed by atoms with van der Waals surface area (Å²) in [6.45, 7) is 6.24. The SMILES string of the molecule is Cc1ccc2nc3ccccc3c(Nc3cccc(CCOC(=O)NC(C)C)c3)c2c1. The van der Waals surface area contributed by atoms with Crippen molar-refractivity contribution in [1.29, 1.82) is 0 Å². The average Bonchev–Trinajstić information content (AvgIpc) is 2.74. The molecule has 5 nitrogen and oxygen atoms in total. The molecule has 0 bridgehead atoms. The summed E-state index contributed by atoms with van der Waals surface area (Å²) in [7, 11) is 0. The Morgan fingerprint density at radius 3 is 2.61 bits per heavy atom. The maximum atomic E-state index is 11.7. The standard InChI is InChI=1S/C26H27N3O2/c1-17(2)27-26(30)31-14-13-19-7-6-8-20(16-19)28-25-21-9-4-5-10-23(21)29-24-12-11-18(3)15-22(24)25/h4-12,15-17H,13-14H2,1-3H3,(H,27,30)(H,28,29). The molecule has 5 heteroatoms. The van der Waals surface area contributed by atoms with Gasteiger partial charge in [-0.05, 0) is 56.7 Å². The van der Waals surface area contributed by atoms with E-state index in [0.29, 0.717) is 13.0 Å². The summed E-state index contributed by atoms with van der Waals surface area (Å²) in [5.41, 5.74) is 6.26. The number of nitrogens with one attached hydrogen (secondary N) is 2. The minimum atomic E-state index is -0.380. The molecule has 0 aliphatic carbocycles. The Balaban J connectivity index is 1.60. The van der Waals surface area contributed by atoms with Crippen LogP contribution in [-0.4, -0.2) is 23.7 Å². The lowest BCUT2D eigenvalue weighted by Gasteiger charge is -2.15. The van der Waals surface area contributed by atoms with Crippen molar-refractivity contribution in [1.82, 2.24) is 10.3 Å². The highest BCUT2D eigenvalue weighted by molar-refractivity contribution is 6.08. The van der Waals surface area contributed by atoms with E-state index in [-0.39, 0.29) is 12.1 Å². The molecule has 0 unspecified atom stereocenters. The second-order valence-electron chi connectivity index (χ2n) is 8.03. The van der Waals surface area contributed by atoms with Gasteiger partial charge in [-0.3, -0.25) is 0 Å². The number of anilines is 2. The van der Waals surface area contributed by atoms with Crippen LogP contribution in [-0.2, 0) is 11.2 Å². The normalized spacial score (nSPS) is 11.1. The van der Waals surface area contributed by atoms with Crippen molar-refractivity contribution in [2.75, 3.05) is 11.9 Å². The molecule has 0 atom stereocenters. The van der Waals surface area contributed by atoms with Gasteiger partial charge in [-0.15, -0.1) is 0 Å². The molecule has 1 amide bonds. The lowest BCUT2D eigenvalue weighted by atomic mass is 10.0. The first kappa shape index (κ1) is 20.7. The molecule has 4 rings (SSSR count). The van der Waals surface area contributed by atoms with Crippen molar-refractivity contribution in [3.63, 3.8) is 0 Å². The van der Waals surface area contributed by atoms with Crippen LogP contribution in [0.5, 0.6) is 0 Å². The van der Waals surface area contributed by atoms with Gasteiger partial charge in [0.2, 0.25) is 0 Å². The first-order valence-electron chi connectivity index (χ1n) is 10.6. The van der Waals surface area contributed by atoms with E-state index < -0.39 is 0 Å². The molecule has 0 fully saturated rings. The number of nitrogens with zero attached hydrogens (tertiary/aromatic N) is 1. The van der Waals surface area contributed by atoms with Gasteiger partial charge >= 0.3 is 6.09 Å². The molecule has 31 heavy (non-hydrogen) atoms. The molecule has 4 aromatic rings. The Bertz CT molecular complexity index is 1230. The molecule has 0 aliphatic rings. The second-order valence-corrected chi connectivity index (χ2v) is 8.03. The van der Waals surface area contributed by atoms with Crippen LogP contribution in [0.4, 0.5) is 16.2 Å². The van der Waals surface area contributed by atoms with E-state index in [1.54, 1.807) is 0 Å². The number of alkyl carbamates (subject to hydrolysis) is 1. The van der Waals surface area contributed by atoms with E-state index in [4.69, 9.17) is 9.72 Å². The molecule has 0 aliphatic heterocycles.